The number of para-hydroxylation sites is 1. The van der Waals surface area contributed by atoms with Crippen LogP contribution in [-0.4, -0.2) is 38.7 Å². The van der Waals surface area contributed by atoms with Crippen molar-refractivity contribution in [2.24, 2.45) is 0 Å². The van der Waals surface area contributed by atoms with Crippen LogP contribution in [0.5, 0.6) is 0 Å². The molecule has 6 nitrogen and oxygen atoms in total. The van der Waals surface area contributed by atoms with E-state index in [-0.39, 0.29) is 18.1 Å². The van der Waals surface area contributed by atoms with E-state index in [0.717, 1.165) is 5.69 Å². The van der Waals surface area contributed by atoms with Crippen LogP contribution >= 0.6 is 0 Å². The molecular formula is C13H16N4O2. The van der Waals surface area contributed by atoms with Gasteiger partial charge in [-0.25, -0.2) is 0 Å². The summed E-state index contributed by atoms with van der Waals surface area (Å²) in [5.41, 5.74) is 1.02. The molecule has 19 heavy (non-hydrogen) atoms. The van der Waals surface area contributed by atoms with Crippen LogP contribution in [0.25, 0.3) is 5.69 Å². The fourth-order valence-electron chi connectivity index (χ4n) is 1.50. The van der Waals surface area contributed by atoms with Crippen LogP contribution in [-0.2, 0) is 0 Å². The topological polar surface area (TPSA) is 80.0 Å². The lowest BCUT2D eigenvalue weighted by molar-refractivity contribution is 0.0908. The summed E-state index contributed by atoms with van der Waals surface area (Å²) in [5.74, 6) is -0.338. The third kappa shape index (κ3) is 3.38. The van der Waals surface area contributed by atoms with E-state index in [1.54, 1.807) is 0 Å². The van der Waals surface area contributed by atoms with Gasteiger partial charge in [-0.05, 0) is 18.6 Å². The molecule has 1 aromatic carbocycles. The van der Waals surface area contributed by atoms with Crippen molar-refractivity contribution in [3.05, 3.63) is 42.2 Å². The van der Waals surface area contributed by atoms with Gasteiger partial charge in [-0.1, -0.05) is 25.1 Å². The minimum Gasteiger partial charge on any atom is -0.391 e. The van der Waals surface area contributed by atoms with Gasteiger partial charge in [0.2, 0.25) is 0 Å². The van der Waals surface area contributed by atoms with Gasteiger partial charge >= 0.3 is 0 Å². The van der Waals surface area contributed by atoms with E-state index < -0.39 is 6.10 Å². The highest BCUT2D eigenvalue weighted by molar-refractivity contribution is 5.91. The van der Waals surface area contributed by atoms with Crippen LogP contribution in [0.3, 0.4) is 0 Å². The number of carbonyl (C=O) groups excluding carboxylic acids is 1. The average Bonchev–Trinajstić information content (AvgIpc) is 2.95. The molecule has 2 rings (SSSR count). The van der Waals surface area contributed by atoms with Gasteiger partial charge in [-0.15, -0.1) is 5.10 Å². The fraction of sp³-hybridized carbons (Fsp3) is 0.308. The quantitative estimate of drug-likeness (QED) is 0.832. The standard InChI is InChI=1S/C13H16N4O2/c1-2-11(18)8-14-13(19)12-9-15-17(16-12)10-6-4-3-5-7-10/h3-7,9,11,18H,2,8H2,1H3,(H,14,19). The number of aliphatic hydroxyl groups is 1. The zero-order valence-electron chi connectivity index (χ0n) is 10.7. The van der Waals surface area contributed by atoms with E-state index in [2.05, 4.69) is 15.5 Å². The maximum absolute atomic E-state index is 11.8. The summed E-state index contributed by atoms with van der Waals surface area (Å²) in [6.07, 6.45) is 1.46. The first-order chi connectivity index (χ1) is 9.20. The zero-order chi connectivity index (χ0) is 13.7. The number of rotatable bonds is 5. The smallest absolute Gasteiger partial charge is 0.273 e. The number of benzene rings is 1. The lowest BCUT2D eigenvalue weighted by atomic mass is 10.3. The van der Waals surface area contributed by atoms with Crippen LogP contribution < -0.4 is 5.32 Å². The second kappa shape index (κ2) is 6.10. The molecule has 0 fully saturated rings. The SMILES string of the molecule is CCC(O)CNC(=O)c1cnn(-c2ccccc2)n1. The summed E-state index contributed by atoms with van der Waals surface area (Å²) >= 11 is 0. The number of amides is 1. The average molecular weight is 260 g/mol. The summed E-state index contributed by atoms with van der Waals surface area (Å²) in [5, 5.41) is 20.1. The molecule has 1 atom stereocenters. The summed E-state index contributed by atoms with van der Waals surface area (Å²) in [6.45, 7) is 2.07. The maximum atomic E-state index is 11.8. The molecule has 1 amide bonds. The summed E-state index contributed by atoms with van der Waals surface area (Å²) < 4.78 is 0. The van der Waals surface area contributed by atoms with Crippen molar-refractivity contribution in [3.63, 3.8) is 0 Å². The minimum atomic E-state index is -0.534. The number of aliphatic hydroxyl groups excluding tert-OH is 1. The fourth-order valence-corrected chi connectivity index (χ4v) is 1.50. The third-order valence-electron chi connectivity index (χ3n) is 2.68. The van der Waals surface area contributed by atoms with Crippen LogP contribution in [0.1, 0.15) is 23.8 Å². The first-order valence-electron chi connectivity index (χ1n) is 6.14. The number of aromatic nitrogens is 3. The Bertz CT molecular complexity index is 539. The number of nitrogens with one attached hydrogen (secondary N) is 1. The Labute approximate surface area is 111 Å². The summed E-state index contributed by atoms with van der Waals surface area (Å²) in [4.78, 5) is 13.2. The molecule has 0 bridgehead atoms. The molecule has 0 saturated carbocycles. The highest BCUT2D eigenvalue weighted by atomic mass is 16.3. The van der Waals surface area contributed by atoms with Crippen LogP contribution in [0.4, 0.5) is 0 Å². The molecule has 2 aromatic rings. The van der Waals surface area contributed by atoms with Crippen molar-refractivity contribution in [2.45, 2.75) is 19.4 Å². The number of hydrogen-bond acceptors (Lipinski definition) is 4. The van der Waals surface area contributed by atoms with Gasteiger partial charge in [0.15, 0.2) is 5.69 Å². The summed E-state index contributed by atoms with van der Waals surface area (Å²) in [7, 11) is 0. The molecule has 0 aliphatic rings. The highest BCUT2D eigenvalue weighted by Gasteiger charge is 2.12. The zero-order valence-corrected chi connectivity index (χ0v) is 10.7. The van der Waals surface area contributed by atoms with E-state index in [1.807, 2.05) is 37.3 Å². The van der Waals surface area contributed by atoms with E-state index >= 15 is 0 Å². The Balaban J connectivity index is 2.03. The largest absolute Gasteiger partial charge is 0.391 e. The van der Waals surface area contributed by atoms with Gasteiger partial charge < -0.3 is 10.4 Å². The lowest BCUT2D eigenvalue weighted by Crippen LogP contribution is -2.32. The van der Waals surface area contributed by atoms with Gasteiger partial charge in [0.25, 0.3) is 5.91 Å². The molecule has 6 heteroatoms. The molecular weight excluding hydrogens is 244 g/mol. The van der Waals surface area contributed by atoms with Crippen LogP contribution in [0.2, 0.25) is 0 Å². The van der Waals surface area contributed by atoms with Crippen molar-refractivity contribution >= 4 is 5.91 Å². The van der Waals surface area contributed by atoms with Gasteiger partial charge in [0.1, 0.15) is 0 Å². The van der Waals surface area contributed by atoms with Crippen molar-refractivity contribution in [1.29, 1.82) is 0 Å². The monoisotopic (exact) mass is 260 g/mol. The summed E-state index contributed by atoms with van der Waals surface area (Å²) in [6, 6.07) is 9.34. The Hall–Kier alpha value is -2.21. The molecule has 0 aliphatic carbocycles. The molecule has 0 spiro atoms. The number of carbonyl (C=O) groups is 1. The van der Waals surface area contributed by atoms with Crippen LogP contribution in [0, 0.1) is 0 Å². The molecule has 1 unspecified atom stereocenters. The highest BCUT2D eigenvalue weighted by Crippen LogP contribution is 2.04. The number of nitrogens with zero attached hydrogens (tertiary/aromatic N) is 3. The van der Waals surface area contributed by atoms with E-state index in [0.29, 0.717) is 6.42 Å². The molecule has 0 aliphatic heterocycles. The van der Waals surface area contributed by atoms with Crippen molar-refractivity contribution in [1.82, 2.24) is 20.3 Å². The molecule has 0 saturated heterocycles. The molecule has 2 N–H and O–H groups in total. The van der Waals surface area contributed by atoms with Gasteiger partial charge in [-0.2, -0.15) is 9.90 Å². The number of hydrogen-bond donors (Lipinski definition) is 2. The Morgan fingerprint density at radius 2 is 2.16 bits per heavy atom. The predicted octanol–water partition coefficient (Wildman–Crippen LogP) is 0.768. The second-order valence-electron chi connectivity index (χ2n) is 4.13. The lowest BCUT2D eigenvalue weighted by Gasteiger charge is -2.07. The molecule has 1 heterocycles. The first-order valence-corrected chi connectivity index (χ1v) is 6.14. The minimum absolute atomic E-state index is 0.216. The first kappa shape index (κ1) is 13.2. The van der Waals surface area contributed by atoms with E-state index in [9.17, 15) is 9.90 Å². The van der Waals surface area contributed by atoms with Gasteiger partial charge in [0.05, 0.1) is 18.0 Å². The molecule has 0 radical (unpaired) electrons. The Morgan fingerprint density at radius 3 is 2.84 bits per heavy atom. The Morgan fingerprint density at radius 1 is 1.42 bits per heavy atom. The van der Waals surface area contributed by atoms with Crippen molar-refractivity contribution in [3.8, 4) is 5.69 Å². The Kier molecular flexibility index (Phi) is 4.25. The predicted molar refractivity (Wildman–Crippen MR) is 70.0 cm³/mol. The van der Waals surface area contributed by atoms with Crippen molar-refractivity contribution in [2.75, 3.05) is 6.54 Å². The maximum Gasteiger partial charge on any atom is 0.273 e. The van der Waals surface area contributed by atoms with Crippen LogP contribution in [0.15, 0.2) is 36.5 Å². The normalized spacial score (nSPS) is 12.1. The second-order valence-corrected chi connectivity index (χ2v) is 4.13. The van der Waals surface area contributed by atoms with Crippen molar-refractivity contribution < 1.29 is 9.90 Å². The van der Waals surface area contributed by atoms with E-state index in [1.165, 1.54) is 11.0 Å². The third-order valence-corrected chi connectivity index (χ3v) is 2.68. The molecule has 1 aromatic heterocycles. The van der Waals surface area contributed by atoms with E-state index in [4.69, 9.17) is 0 Å². The molecule has 100 valence electrons. The van der Waals surface area contributed by atoms with Gasteiger partial charge in [0, 0.05) is 6.54 Å². The van der Waals surface area contributed by atoms with Gasteiger partial charge in [-0.3, -0.25) is 4.79 Å².